The number of hydrogen-bond acceptors (Lipinski definition) is 5. The van der Waals surface area contributed by atoms with Gasteiger partial charge in [0.05, 0.1) is 6.04 Å². The van der Waals surface area contributed by atoms with Crippen LogP contribution < -0.4 is 16.2 Å². The van der Waals surface area contributed by atoms with Gasteiger partial charge in [-0.3, -0.25) is 15.3 Å². The zero-order chi connectivity index (χ0) is 23.9. The van der Waals surface area contributed by atoms with Crippen molar-refractivity contribution in [2.75, 3.05) is 19.6 Å². The molecule has 1 aliphatic carbocycles. The number of benzene rings is 1. The normalized spacial score (nSPS) is 33.2. The molecule has 5 unspecified atom stereocenters. The molecule has 4 aliphatic rings. The molecule has 4 fully saturated rings. The van der Waals surface area contributed by atoms with Gasteiger partial charge in [-0.1, -0.05) is 12.1 Å². The highest BCUT2D eigenvalue weighted by molar-refractivity contribution is 5.76. The molecule has 35 heavy (non-hydrogen) atoms. The SMILES string of the molecule is Cc1cc(C2NNC3CC4NC(=O)N([C@@H]5CCCN(Cc6cccc(F)c6)C5)CC4CC32)ccn1. The van der Waals surface area contributed by atoms with E-state index in [9.17, 15) is 9.18 Å². The molecule has 6 atom stereocenters. The third-order valence-electron chi connectivity index (χ3n) is 8.52. The highest BCUT2D eigenvalue weighted by Gasteiger charge is 2.48. The fraction of sp³-hybridized carbons (Fsp3) is 0.556. The van der Waals surface area contributed by atoms with Crippen LogP contribution in [-0.4, -0.2) is 58.6 Å². The molecule has 4 heterocycles. The Morgan fingerprint density at radius 1 is 1.11 bits per heavy atom. The van der Waals surface area contributed by atoms with Gasteiger partial charge in [-0.25, -0.2) is 14.6 Å². The van der Waals surface area contributed by atoms with Crippen molar-refractivity contribution in [3.8, 4) is 0 Å². The van der Waals surface area contributed by atoms with Crippen LogP contribution in [0, 0.1) is 24.6 Å². The quantitative estimate of drug-likeness (QED) is 0.630. The summed E-state index contributed by atoms with van der Waals surface area (Å²) in [5.41, 5.74) is 10.4. The molecule has 7 nitrogen and oxygen atoms in total. The van der Waals surface area contributed by atoms with E-state index in [2.05, 4.69) is 43.1 Å². The van der Waals surface area contributed by atoms with Crippen molar-refractivity contribution in [3.05, 3.63) is 65.2 Å². The number of halogens is 1. The van der Waals surface area contributed by atoms with Crippen molar-refractivity contribution < 1.29 is 9.18 Å². The number of aryl methyl sites for hydroxylation is 1. The summed E-state index contributed by atoms with van der Waals surface area (Å²) in [6, 6.07) is 12.3. The highest BCUT2D eigenvalue weighted by Crippen LogP contribution is 2.42. The predicted octanol–water partition coefficient (Wildman–Crippen LogP) is 3.13. The van der Waals surface area contributed by atoms with E-state index in [1.165, 1.54) is 11.6 Å². The summed E-state index contributed by atoms with van der Waals surface area (Å²) in [4.78, 5) is 22.0. The van der Waals surface area contributed by atoms with Crippen LogP contribution in [0.3, 0.4) is 0 Å². The smallest absolute Gasteiger partial charge is 0.317 e. The monoisotopic (exact) mass is 478 g/mol. The first kappa shape index (κ1) is 22.9. The van der Waals surface area contributed by atoms with Gasteiger partial charge in [0.1, 0.15) is 5.82 Å². The van der Waals surface area contributed by atoms with E-state index in [-0.39, 0.29) is 30.0 Å². The Kier molecular flexibility index (Phi) is 6.20. The fourth-order valence-corrected chi connectivity index (χ4v) is 6.84. The minimum absolute atomic E-state index is 0.0783. The Labute approximate surface area is 206 Å². The van der Waals surface area contributed by atoms with Crippen molar-refractivity contribution >= 4 is 6.03 Å². The number of likely N-dealkylation sites (tertiary alicyclic amines) is 1. The van der Waals surface area contributed by atoms with Gasteiger partial charge < -0.3 is 10.2 Å². The number of urea groups is 1. The van der Waals surface area contributed by atoms with Crippen molar-refractivity contribution in [1.82, 2.24) is 31.0 Å². The maximum Gasteiger partial charge on any atom is 0.317 e. The largest absolute Gasteiger partial charge is 0.335 e. The second-order valence-corrected chi connectivity index (χ2v) is 10.9. The van der Waals surface area contributed by atoms with E-state index < -0.39 is 0 Å². The van der Waals surface area contributed by atoms with Crippen molar-refractivity contribution in [3.63, 3.8) is 0 Å². The average molecular weight is 479 g/mol. The molecule has 3 aliphatic heterocycles. The molecule has 2 aromatic rings. The van der Waals surface area contributed by atoms with E-state index in [0.29, 0.717) is 17.9 Å². The van der Waals surface area contributed by atoms with Crippen LogP contribution in [0.25, 0.3) is 0 Å². The number of carbonyl (C=O) groups is 1. The molecule has 1 saturated carbocycles. The molecule has 8 heteroatoms. The lowest BCUT2D eigenvalue weighted by Crippen LogP contribution is -2.64. The van der Waals surface area contributed by atoms with Gasteiger partial charge in [0.15, 0.2) is 0 Å². The molecule has 0 radical (unpaired) electrons. The number of nitrogens with one attached hydrogen (secondary N) is 3. The van der Waals surface area contributed by atoms with Crippen LogP contribution in [0.1, 0.15) is 48.5 Å². The first-order chi connectivity index (χ1) is 17.0. The van der Waals surface area contributed by atoms with Crippen molar-refractivity contribution in [1.29, 1.82) is 0 Å². The molecule has 6 rings (SSSR count). The number of rotatable bonds is 4. The maximum atomic E-state index is 13.7. The third-order valence-corrected chi connectivity index (χ3v) is 8.52. The van der Waals surface area contributed by atoms with Gasteiger partial charge in [0.25, 0.3) is 0 Å². The number of piperidine rings is 1. The number of hydrazine groups is 1. The number of amides is 2. The number of pyridine rings is 1. The Hall–Kier alpha value is -2.55. The number of aromatic nitrogens is 1. The number of nitrogens with zero attached hydrogens (tertiary/aromatic N) is 3. The lowest BCUT2D eigenvalue weighted by atomic mass is 9.71. The van der Waals surface area contributed by atoms with E-state index >= 15 is 0 Å². The van der Waals surface area contributed by atoms with Crippen LogP contribution in [0.4, 0.5) is 9.18 Å². The lowest BCUT2D eigenvalue weighted by molar-refractivity contribution is 0.0523. The van der Waals surface area contributed by atoms with Crippen LogP contribution in [-0.2, 0) is 6.54 Å². The molecule has 3 saturated heterocycles. The molecule has 1 aromatic carbocycles. The van der Waals surface area contributed by atoms with Gasteiger partial charge in [-0.05, 0) is 86.4 Å². The molecular weight excluding hydrogens is 443 g/mol. The van der Waals surface area contributed by atoms with Crippen LogP contribution >= 0.6 is 0 Å². The van der Waals surface area contributed by atoms with E-state index in [1.54, 1.807) is 12.1 Å². The molecular formula is C27H35FN6O. The Morgan fingerprint density at radius 3 is 2.89 bits per heavy atom. The maximum absolute atomic E-state index is 13.7. The summed E-state index contributed by atoms with van der Waals surface area (Å²) in [5.74, 6) is 0.745. The van der Waals surface area contributed by atoms with Gasteiger partial charge in [-0.2, -0.15) is 0 Å². The average Bonchev–Trinajstić information content (AvgIpc) is 3.25. The fourth-order valence-electron chi connectivity index (χ4n) is 6.84. The predicted molar refractivity (Wildman–Crippen MR) is 132 cm³/mol. The summed E-state index contributed by atoms with van der Waals surface area (Å²) in [7, 11) is 0. The molecule has 2 amide bonds. The zero-order valence-electron chi connectivity index (χ0n) is 20.3. The van der Waals surface area contributed by atoms with Gasteiger partial charge in [0, 0.05) is 49.7 Å². The first-order valence-corrected chi connectivity index (χ1v) is 13.0. The number of carbonyl (C=O) groups excluding carboxylic acids is 1. The number of fused-ring (bicyclic) bond motifs is 2. The molecule has 3 N–H and O–H groups in total. The van der Waals surface area contributed by atoms with E-state index in [0.717, 1.165) is 63.1 Å². The van der Waals surface area contributed by atoms with Crippen molar-refractivity contribution in [2.45, 2.75) is 63.3 Å². The topological polar surface area (TPSA) is 72.5 Å². The second-order valence-electron chi connectivity index (χ2n) is 10.9. The molecule has 0 bridgehead atoms. The van der Waals surface area contributed by atoms with Crippen LogP contribution in [0.15, 0.2) is 42.6 Å². The summed E-state index contributed by atoms with van der Waals surface area (Å²) in [5, 5.41) is 3.36. The number of hydrogen-bond donors (Lipinski definition) is 3. The van der Waals surface area contributed by atoms with E-state index in [1.807, 2.05) is 19.2 Å². The second kappa shape index (κ2) is 9.48. The minimum atomic E-state index is -0.191. The zero-order valence-corrected chi connectivity index (χ0v) is 20.3. The van der Waals surface area contributed by atoms with Crippen LogP contribution in [0.5, 0.6) is 0 Å². The van der Waals surface area contributed by atoms with Gasteiger partial charge in [0.2, 0.25) is 0 Å². The van der Waals surface area contributed by atoms with Gasteiger partial charge >= 0.3 is 6.03 Å². The molecule has 1 aromatic heterocycles. The summed E-state index contributed by atoms with van der Waals surface area (Å²) < 4.78 is 13.7. The summed E-state index contributed by atoms with van der Waals surface area (Å²) in [6.45, 7) is 5.42. The van der Waals surface area contributed by atoms with E-state index in [4.69, 9.17) is 0 Å². The first-order valence-electron chi connectivity index (χ1n) is 13.0. The Bertz CT molecular complexity index is 1080. The third kappa shape index (κ3) is 4.67. The lowest BCUT2D eigenvalue weighted by Gasteiger charge is -2.49. The Balaban J connectivity index is 1.13. The van der Waals surface area contributed by atoms with Crippen LogP contribution in [0.2, 0.25) is 0 Å². The summed E-state index contributed by atoms with van der Waals surface area (Å²) in [6.07, 6.45) is 6.02. The molecule has 0 spiro atoms. The van der Waals surface area contributed by atoms with Crippen molar-refractivity contribution in [2.24, 2.45) is 11.8 Å². The standard InChI is InChI=1S/C27H35FN6O/c1-17-10-19(7-8-29-17)26-23-12-20-15-34(27(35)30-24(20)13-25(23)31-32-26)22-6-3-9-33(16-22)14-18-4-2-5-21(28)11-18/h2,4-5,7-8,10-11,20,22-26,31-32H,3,6,9,12-16H2,1H3,(H,30,35)/t20?,22-,23?,24?,25?,26?/m1/s1. The van der Waals surface area contributed by atoms with Gasteiger partial charge in [-0.15, -0.1) is 0 Å². The Morgan fingerprint density at radius 2 is 2.03 bits per heavy atom. The summed E-state index contributed by atoms with van der Waals surface area (Å²) >= 11 is 0. The highest BCUT2D eigenvalue weighted by atomic mass is 19.1. The minimum Gasteiger partial charge on any atom is -0.335 e. The molecule has 186 valence electrons.